The maximum Gasteiger partial charge on any atom is 0.294 e. The maximum atomic E-state index is 11.0. The van der Waals surface area contributed by atoms with E-state index in [2.05, 4.69) is 5.43 Å². The molecule has 0 aliphatic rings. The average molecular weight is 246 g/mol. The van der Waals surface area contributed by atoms with Gasteiger partial charge in [-0.2, -0.15) is 0 Å². The molecule has 0 fully saturated rings. The summed E-state index contributed by atoms with van der Waals surface area (Å²) in [6, 6.07) is 7.57. The van der Waals surface area contributed by atoms with Crippen molar-refractivity contribution in [2.75, 3.05) is 5.43 Å². The van der Waals surface area contributed by atoms with Gasteiger partial charge in [-0.1, -0.05) is 0 Å². The van der Waals surface area contributed by atoms with E-state index in [1.165, 1.54) is 12.1 Å². The van der Waals surface area contributed by atoms with Gasteiger partial charge in [-0.15, -0.1) is 0 Å². The molecule has 1 aromatic heterocycles. The molecule has 0 radical (unpaired) electrons. The van der Waals surface area contributed by atoms with E-state index in [9.17, 15) is 14.9 Å². The number of nitro benzene ring substituents is 1. The SMILES string of the molecule is NC(=O)c1ccc(Nn2cccc2)c([N+](=O)[O-])c1. The second kappa shape index (κ2) is 4.58. The lowest BCUT2D eigenvalue weighted by atomic mass is 10.1. The molecule has 1 heterocycles. The van der Waals surface area contributed by atoms with Crippen LogP contribution in [0, 0.1) is 10.1 Å². The molecule has 7 nitrogen and oxygen atoms in total. The predicted molar refractivity (Wildman–Crippen MR) is 65.1 cm³/mol. The van der Waals surface area contributed by atoms with Gasteiger partial charge in [0.05, 0.1) is 4.92 Å². The minimum atomic E-state index is -0.703. The van der Waals surface area contributed by atoms with Gasteiger partial charge in [0.2, 0.25) is 5.91 Å². The number of aromatic nitrogens is 1. The van der Waals surface area contributed by atoms with Crippen LogP contribution in [-0.4, -0.2) is 15.5 Å². The Labute approximate surface area is 102 Å². The van der Waals surface area contributed by atoms with Gasteiger partial charge >= 0.3 is 0 Å². The van der Waals surface area contributed by atoms with Crippen molar-refractivity contribution in [2.45, 2.75) is 0 Å². The molecule has 1 aromatic carbocycles. The van der Waals surface area contributed by atoms with Crippen molar-refractivity contribution >= 4 is 17.3 Å². The van der Waals surface area contributed by atoms with Crippen LogP contribution >= 0.6 is 0 Å². The molecule has 92 valence electrons. The highest BCUT2D eigenvalue weighted by Crippen LogP contribution is 2.25. The number of rotatable bonds is 4. The number of nitrogens with two attached hydrogens (primary N) is 1. The van der Waals surface area contributed by atoms with Crippen LogP contribution < -0.4 is 11.2 Å². The molecule has 0 aliphatic heterocycles. The molecule has 0 saturated carbocycles. The number of hydrogen-bond donors (Lipinski definition) is 2. The first-order valence-electron chi connectivity index (χ1n) is 5.06. The first kappa shape index (κ1) is 11.6. The quantitative estimate of drug-likeness (QED) is 0.628. The van der Waals surface area contributed by atoms with Crippen LogP contribution in [-0.2, 0) is 0 Å². The van der Waals surface area contributed by atoms with E-state index in [1.807, 2.05) is 0 Å². The third kappa shape index (κ3) is 2.29. The van der Waals surface area contributed by atoms with Crippen LogP contribution in [0.2, 0.25) is 0 Å². The van der Waals surface area contributed by atoms with Crippen molar-refractivity contribution in [1.82, 2.24) is 4.68 Å². The van der Waals surface area contributed by atoms with E-state index in [-0.39, 0.29) is 16.9 Å². The number of nitrogens with zero attached hydrogens (tertiary/aromatic N) is 2. The Balaban J connectivity index is 2.40. The fourth-order valence-corrected chi connectivity index (χ4v) is 1.48. The Morgan fingerprint density at radius 1 is 1.33 bits per heavy atom. The molecule has 1 amide bonds. The normalized spacial score (nSPS) is 10.0. The van der Waals surface area contributed by atoms with Crippen LogP contribution in [0.5, 0.6) is 0 Å². The van der Waals surface area contributed by atoms with Gasteiger partial charge in [-0.05, 0) is 24.3 Å². The Morgan fingerprint density at radius 3 is 2.56 bits per heavy atom. The lowest BCUT2D eigenvalue weighted by molar-refractivity contribution is -0.384. The standard InChI is InChI=1S/C11H10N4O3/c12-11(16)8-3-4-9(10(7-8)15(17)18)13-14-5-1-2-6-14/h1-7,13H,(H2,12,16). The summed E-state index contributed by atoms with van der Waals surface area (Å²) in [5, 5.41) is 10.9. The zero-order chi connectivity index (χ0) is 13.1. The van der Waals surface area contributed by atoms with Crippen molar-refractivity contribution in [2.24, 2.45) is 5.73 Å². The molecule has 0 spiro atoms. The minimum absolute atomic E-state index is 0.0970. The first-order chi connectivity index (χ1) is 8.58. The average Bonchev–Trinajstić information content (AvgIpc) is 2.81. The number of primary amides is 1. The van der Waals surface area contributed by atoms with E-state index in [1.54, 1.807) is 29.2 Å². The van der Waals surface area contributed by atoms with Gasteiger partial charge in [-0.25, -0.2) is 0 Å². The first-order valence-corrected chi connectivity index (χ1v) is 5.06. The summed E-state index contributed by atoms with van der Waals surface area (Å²) in [5.41, 5.74) is 8.07. The summed E-state index contributed by atoms with van der Waals surface area (Å²) in [5.74, 6) is -0.703. The topological polar surface area (TPSA) is 103 Å². The van der Waals surface area contributed by atoms with E-state index in [0.717, 1.165) is 6.07 Å². The summed E-state index contributed by atoms with van der Waals surface area (Å²) in [7, 11) is 0. The fourth-order valence-electron chi connectivity index (χ4n) is 1.48. The number of carbonyl (C=O) groups is 1. The van der Waals surface area contributed by atoms with E-state index >= 15 is 0 Å². The van der Waals surface area contributed by atoms with Crippen molar-refractivity contribution < 1.29 is 9.72 Å². The van der Waals surface area contributed by atoms with E-state index in [4.69, 9.17) is 5.73 Å². The van der Waals surface area contributed by atoms with Crippen molar-refractivity contribution in [3.63, 3.8) is 0 Å². The predicted octanol–water partition coefficient (Wildman–Crippen LogP) is 1.37. The lowest BCUT2D eigenvalue weighted by Crippen LogP contribution is -2.13. The van der Waals surface area contributed by atoms with Crippen LogP contribution in [0.15, 0.2) is 42.7 Å². The van der Waals surface area contributed by atoms with Gasteiger partial charge in [0.15, 0.2) is 0 Å². The molecular formula is C11H10N4O3. The zero-order valence-electron chi connectivity index (χ0n) is 9.24. The monoisotopic (exact) mass is 246 g/mol. The van der Waals surface area contributed by atoms with Crippen LogP contribution in [0.1, 0.15) is 10.4 Å². The third-order valence-electron chi connectivity index (χ3n) is 2.33. The Morgan fingerprint density at radius 2 is 2.00 bits per heavy atom. The number of carbonyl (C=O) groups excluding carboxylic acids is 1. The Bertz CT molecular complexity index is 592. The molecule has 0 bridgehead atoms. The molecule has 0 saturated heterocycles. The van der Waals surface area contributed by atoms with Crippen LogP contribution in [0.4, 0.5) is 11.4 Å². The van der Waals surface area contributed by atoms with Crippen molar-refractivity contribution in [3.05, 3.63) is 58.4 Å². The van der Waals surface area contributed by atoms with Gasteiger partial charge in [0.25, 0.3) is 5.69 Å². The summed E-state index contributed by atoms with van der Waals surface area (Å²) >= 11 is 0. The van der Waals surface area contributed by atoms with Gasteiger partial charge in [-0.3, -0.25) is 25.0 Å². The van der Waals surface area contributed by atoms with Crippen molar-refractivity contribution in [3.8, 4) is 0 Å². The number of hydrogen-bond acceptors (Lipinski definition) is 4. The lowest BCUT2D eigenvalue weighted by Gasteiger charge is -2.08. The number of benzene rings is 1. The molecule has 0 unspecified atom stereocenters. The van der Waals surface area contributed by atoms with Crippen molar-refractivity contribution in [1.29, 1.82) is 0 Å². The summed E-state index contributed by atoms with van der Waals surface area (Å²) < 4.78 is 1.56. The molecular weight excluding hydrogens is 236 g/mol. The second-order valence-corrected chi connectivity index (χ2v) is 3.56. The maximum absolute atomic E-state index is 11.0. The molecule has 7 heteroatoms. The van der Waals surface area contributed by atoms with Gasteiger partial charge in [0.1, 0.15) is 5.69 Å². The van der Waals surface area contributed by atoms with Crippen LogP contribution in [0.25, 0.3) is 0 Å². The molecule has 0 atom stereocenters. The molecule has 2 rings (SSSR count). The highest BCUT2D eigenvalue weighted by atomic mass is 16.6. The molecule has 3 N–H and O–H groups in total. The Kier molecular flexibility index (Phi) is 2.96. The van der Waals surface area contributed by atoms with Crippen LogP contribution in [0.3, 0.4) is 0 Å². The van der Waals surface area contributed by atoms with Gasteiger partial charge in [0, 0.05) is 24.0 Å². The number of anilines is 1. The van der Waals surface area contributed by atoms with Gasteiger partial charge < -0.3 is 5.73 Å². The third-order valence-corrected chi connectivity index (χ3v) is 2.33. The summed E-state index contributed by atoms with van der Waals surface area (Å²) in [4.78, 5) is 21.3. The number of nitro groups is 1. The Hall–Kier alpha value is -2.83. The molecule has 18 heavy (non-hydrogen) atoms. The highest BCUT2D eigenvalue weighted by molar-refractivity contribution is 5.94. The second-order valence-electron chi connectivity index (χ2n) is 3.56. The van der Waals surface area contributed by atoms with E-state index < -0.39 is 10.8 Å². The minimum Gasteiger partial charge on any atom is -0.366 e. The number of amides is 1. The summed E-state index contributed by atoms with van der Waals surface area (Å²) in [6.45, 7) is 0. The summed E-state index contributed by atoms with van der Waals surface area (Å²) in [6.07, 6.45) is 3.40. The largest absolute Gasteiger partial charge is 0.366 e. The smallest absolute Gasteiger partial charge is 0.294 e. The highest BCUT2D eigenvalue weighted by Gasteiger charge is 2.16. The molecule has 2 aromatic rings. The number of nitrogens with one attached hydrogen (secondary N) is 1. The zero-order valence-corrected chi connectivity index (χ0v) is 9.24. The molecule has 0 aliphatic carbocycles. The fraction of sp³-hybridized carbons (Fsp3) is 0. The van der Waals surface area contributed by atoms with E-state index in [0.29, 0.717) is 0 Å².